The molecule has 5 N–H and O–H groups in total. The number of likely N-dealkylation sites (N-methyl/N-ethyl adjacent to an activating group) is 2. The number of carbonyl (C=O) groups is 1. The quantitative estimate of drug-likeness (QED) is 0.500. The van der Waals surface area contributed by atoms with Gasteiger partial charge in [0.15, 0.2) is 0 Å². The Morgan fingerprint density at radius 2 is 1.28 bits per heavy atom. The molecule has 0 atom stereocenters. The molecule has 2 aliphatic heterocycles. The first-order valence-corrected chi connectivity index (χ1v) is 9.56. The Morgan fingerprint density at radius 1 is 0.840 bits per heavy atom. The van der Waals surface area contributed by atoms with Crippen LogP contribution in [0.1, 0.15) is 12.8 Å². The van der Waals surface area contributed by atoms with E-state index in [9.17, 15) is 4.79 Å². The second-order valence-corrected chi connectivity index (χ2v) is 7.08. The molecule has 2 rings (SSSR count). The van der Waals surface area contributed by atoms with Crippen molar-refractivity contribution in [3.8, 4) is 0 Å². The third-order valence-electron chi connectivity index (χ3n) is 4.82. The predicted octanol–water partition coefficient (Wildman–Crippen LogP) is -1.13. The van der Waals surface area contributed by atoms with Crippen LogP contribution in [0.4, 0.5) is 4.79 Å². The van der Waals surface area contributed by atoms with Crippen LogP contribution in [0.5, 0.6) is 0 Å². The molecule has 0 spiro atoms. The molecule has 2 heterocycles. The van der Waals surface area contributed by atoms with Gasteiger partial charge in [-0.1, -0.05) is 0 Å². The molecule has 0 aromatic heterocycles. The van der Waals surface area contributed by atoms with Crippen molar-refractivity contribution in [2.45, 2.75) is 12.8 Å². The molecule has 8 nitrogen and oxygen atoms in total. The molecule has 0 bridgehead atoms. The van der Waals surface area contributed by atoms with E-state index in [2.05, 4.69) is 39.0 Å². The van der Waals surface area contributed by atoms with Crippen LogP contribution in [0.15, 0.2) is 0 Å². The van der Waals surface area contributed by atoms with Gasteiger partial charge in [0.05, 0.1) is 0 Å². The fraction of sp³-hybridized carbons (Fsp3) is 0.941. The molecule has 0 radical (unpaired) electrons. The lowest BCUT2D eigenvalue weighted by Gasteiger charge is -2.32. The fourth-order valence-corrected chi connectivity index (χ4v) is 2.97. The van der Waals surface area contributed by atoms with Crippen molar-refractivity contribution in [2.75, 3.05) is 92.6 Å². The first kappa shape index (κ1) is 22.1. The molecule has 2 saturated heterocycles. The standard InChI is InChI=1S/C9H20N4O.C8H19N3/c1-12-5-7-13(8-6-12)4-2-3-11-9(10)14;1-10-5-7-11(8-6-10)4-2-3-9/h2-8H2,1H3,(H3,10,11,14);2-9H2,1H3. The van der Waals surface area contributed by atoms with Gasteiger partial charge >= 0.3 is 6.03 Å². The average Bonchev–Trinajstić information content (AvgIpc) is 2.60. The molecule has 2 amide bonds. The minimum atomic E-state index is -0.427. The largest absolute Gasteiger partial charge is 0.352 e. The van der Waals surface area contributed by atoms with Crippen molar-refractivity contribution in [1.29, 1.82) is 0 Å². The maximum Gasteiger partial charge on any atom is 0.312 e. The number of primary amides is 1. The summed E-state index contributed by atoms with van der Waals surface area (Å²) in [4.78, 5) is 20.0. The van der Waals surface area contributed by atoms with E-state index in [4.69, 9.17) is 11.5 Å². The van der Waals surface area contributed by atoms with Gasteiger partial charge in [-0.15, -0.1) is 0 Å². The Hall–Kier alpha value is -0.930. The minimum absolute atomic E-state index is 0.427. The molecule has 0 aliphatic carbocycles. The van der Waals surface area contributed by atoms with E-state index >= 15 is 0 Å². The minimum Gasteiger partial charge on any atom is -0.352 e. The zero-order valence-electron chi connectivity index (χ0n) is 16.3. The van der Waals surface area contributed by atoms with E-state index < -0.39 is 6.03 Å². The van der Waals surface area contributed by atoms with Crippen LogP contribution in [0.2, 0.25) is 0 Å². The van der Waals surface area contributed by atoms with Crippen molar-refractivity contribution in [2.24, 2.45) is 11.5 Å². The number of urea groups is 1. The van der Waals surface area contributed by atoms with Crippen molar-refractivity contribution in [3.63, 3.8) is 0 Å². The molecule has 148 valence electrons. The lowest BCUT2D eigenvalue weighted by Crippen LogP contribution is -2.45. The summed E-state index contributed by atoms with van der Waals surface area (Å²) < 4.78 is 0. The summed E-state index contributed by atoms with van der Waals surface area (Å²) >= 11 is 0. The lowest BCUT2D eigenvalue weighted by atomic mass is 10.3. The summed E-state index contributed by atoms with van der Waals surface area (Å²) in [5, 5.41) is 2.60. The molecule has 25 heavy (non-hydrogen) atoms. The molecular weight excluding hydrogens is 318 g/mol. The Labute approximate surface area is 153 Å². The second-order valence-electron chi connectivity index (χ2n) is 7.08. The number of nitrogens with zero attached hydrogens (tertiary/aromatic N) is 4. The predicted molar refractivity (Wildman–Crippen MR) is 104 cm³/mol. The molecule has 2 aliphatic rings. The number of rotatable bonds is 7. The number of piperazine rings is 2. The van der Waals surface area contributed by atoms with Crippen molar-refractivity contribution in [3.05, 3.63) is 0 Å². The SMILES string of the molecule is CN1CCN(CCCN)CC1.CN1CCN(CCCNC(N)=O)CC1. The van der Waals surface area contributed by atoms with E-state index in [1.807, 2.05) is 0 Å². The van der Waals surface area contributed by atoms with Gasteiger partial charge in [0.25, 0.3) is 0 Å². The Morgan fingerprint density at radius 3 is 1.68 bits per heavy atom. The summed E-state index contributed by atoms with van der Waals surface area (Å²) in [6, 6.07) is -0.427. The maximum absolute atomic E-state index is 10.4. The number of nitrogens with one attached hydrogen (secondary N) is 1. The van der Waals surface area contributed by atoms with Gasteiger partial charge in [0.2, 0.25) is 0 Å². The van der Waals surface area contributed by atoms with E-state index in [0.29, 0.717) is 6.54 Å². The van der Waals surface area contributed by atoms with Crippen LogP contribution in [0, 0.1) is 0 Å². The lowest BCUT2D eigenvalue weighted by molar-refractivity contribution is 0.153. The van der Waals surface area contributed by atoms with Gasteiger partial charge in [-0.3, -0.25) is 0 Å². The van der Waals surface area contributed by atoms with Crippen molar-refractivity contribution < 1.29 is 4.79 Å². The number of hydrogen-bond acceptors (Lipinski definition) is 6. The highest BCUT2D eigenvalue weighted by atomic mass is 16.2. The molecule has 0 aromatic rings. The summed E-state index contributed by atoms with van der Waals surface area (Å²) in [6.45, 7) is 13.2. The highest BCUT2D eigenvalue weighted by Gasteiger charge is 2.13. The molecule has 0 saturated carbocycles. The van der Waals surface area contributed by atoms with Crippen molar-refractivity contribution >= 4 is 6.03 Å². The van der Waals surface area contributed by atoms with Crippen LogP contribution in [-0.4, -0.2) is 118 Å². The number of nitrogens with two attached hydrogens (primary N) is 2. The topological polar surface area (TPSA) is 94.1 Å². The normalized spacial score (nSPS) is 20.8. The molecule has 0 unspecified atom stereocenters. The molecular formula is C17H39N7O. The van der Waals surface area contributed by atoms with Crippen LogP contribution in [-0.2, 0) is 0 Å². The summed E-state index contributed by atoms with van der Waals surface area (Å²) in [5.41, 5.74) is 10.4. The highest BCUT2D eigenvalue weighted by Crippen LogP contribution is 1.99. The van der Waals surface area contributed by atoms with E-state index in [1.54, 1.807) is 0 Å². The number of hydrogen-bond donors (Lipinski definition) is 3. The highest BCUT2D eigenvalue weighted by molar-refractivity contribution is 5.71. The zero-order valence-corrected chi connectivity index (χ0v) is 16.3. The summed E-state index contributed by atoms with van der Waals surface area (Å²) in [5.74, 6) is 0. The molecule has 8 heteroatoms. The molecule has 0 aromatic carbocycles. The average molecular weight is 358 g/mol. The van der Waals surface area contributed by atoms with Crippen LogP contribution >= 0.6 is 0 Å². The molecule has 2 fully saturated rings. The summed E-state index contributed by atoms with van der Waals surface area (Å²) in [6.07, 6.45) is 2.12. The fourth-order valence-electron chi connectivity index (χ4n) is 2.97. The Kier molecular flexibility index (Phi) is 11.8. The van der Waals surface area contributed by atoms with E-state index in [0.717, 1.165) is 52.1 Å². The van der Waals surface area contributed by atoms with Gasteiger partial charge < -0.3 is 36.4 Å². The number of carbonyl (C=O) groups excluding carboxylic acids is 1. The van der Waals surface area contributed by atoms with Gasteiger partial charge in [-0.2, -0.15) is 0 Å². The Balaban J connectivity index is 0.000000257. The first-order valence-electron chi connectivity index (χ1n) is 9.56. The smallest absolute Gasteiger partial charge is 0.312 e. The third-order valence-corrected chi connectivity index (χ3v) is 4.82. The third kappa shape index (κ3) is 11.3. The second kappa shape index (κ2) is 13.3. The van der Waals surface area contributed by atoms with Crippen molar-refractivity contribution in [1.82, 2.24) is 24.9 Å². The van der Waals surface area contributed by atoms with Crippen LogP contribution < -0.4 is 16.8 Å². The van der Waals surface area contributed by atoms with E-state index in [1.165, 1.54) is 32.7 Å². The van der Waals surface area contributed by atoms with Gasteiger partial charge in [0, 0.05) is 58.9 Å². The zero-order chi connectivity index (χ0) is 18.5. The summed E-state index contributed by atoms with van der Waals surface area (Å²) in [7, 11) is 4.33. The monoisotopic (exact) mass is 357 g/mol. The van der Waals surface area contributed by atoms with Gasteiger partial charge in [-0.05, 0) is 46.6 Å². The van der Waals surface area contributed by atoms with Gasteiger partial charge in [0.1, 0.15) is 0 Å². The Bertz CT molecular complexity index is 337. The van der Waals surface area contributed by atoms with Crippen LogP contribution in [0.3, 0.4) is 0 Å². The van der Waals surface area contributed by atoms with E-state index in [-0.39, 0.29) is 0 Å². The van der Waals surface area contributed by atoms with Gasteiger partial charge in [-0.25, -0.2) is 4.79 Å². The van der Waals surface area contributed by atoms with Crippen LogP contribution in [0.25, 0.3) is 0 Å². The first-order chi connectivity index (χ1) is 12.0. The maximum atomic E-state index is 10.4. The number of amides is 2.